The van der Waals surface area contributed by atoms with Gasteiger partial charge >= 0.3 is 0 Å². The number of aliphatic imine (C=N–C) groups is 1. The molecular weight excluding hydrogens is 404 g/mol. The predicted molar refractivity (Wildman–Crippen MR) is 114 cm³/mol. The maximum Gasteiger partial charge on any atom is 0.275 e. The molecule has 0 amide bonds. The molecule has 0 saturated heterocycles. The number of aryl methyl sites for hydroxylation is 2. The number of benzene rings is 1. The van der Waals surface area contributed by atoms with E-state index in [-0.39, 0.29) is 11.1 Å². The van der Waals surface area contributed by atoms with Crippen LogP contribution in [0, 0.1) is 18.6 Å². The van der Waals surface area contributed by atoms with Crippen LogP contribution in [-0.2, 0) is 12.8 Å². The van der Waals surface area contributed by atoms with Crippen LogP contribution in [0.3, 0.4) is 0 Å². The Morgan fingerprint density at radius 3 is 2.60 bits per heavy atom. The van der Waals surface area contributed by atoms with Crippen molar-refractivity contribution in [2.45, 2.75) is 52.0 Å². The summed E-state index contributed by atoms with van der Waals surface area (Å²) >= 11 is 1.63. The number of aromatic nitrogens is 2. The van der Waals surface area contributed by atoms with Crippen LogP contribution in [-0.4, -0.2) is 15.3 Å². The molecule has 3 heterocycles. The Bertz CT molecular complexity index is 1240. The Kier molecular flexibility index (Phi) is 4.65. The van der Waals surface area contributed by atoms with Gasteiger partial charge in [-0.3, -0.25) is 14.4 Å². The quantitative estimate of drug-likeness (QED) is 0.512. The summed E-state index contributed by atoms with van der Waals surface area (Å²) < 4.78 is 31.7. The molecule has 4 nitrogen and oxygen atoms in total. The van der Waals surface area contributed by atoms with Gasteiger partial charge in [0.2, 0.25) is 0 Å². The number of thiophene rings is 1. The minimum atomic E-state index is -0.634. The van der Waals surface area contributed by atoms with Crippen LogP contribution in [0.4, 0.5) is 8.78 Å². The standard InChI is InChI=1S/C23H21F2N3OS/c1-12-11-28-21(27-22(12)29)13(2)26-20(19-15(24)8-6-9-16(19)25)18-14-7-4-3-5-10-17(14)30-23(18)28/h6,8-9,11,13H,3-5,7,10H2,1-2H3/t13-/m0/s1. The van der Waals surface area contributed by atoms with Crippen molar-refractivity contribution in [1.82, 2.24) is 9.55 Å². The molecule has 1 aromatic carbocycles. The molecule has 1 aliphatic heterocycles. The van der Waals surface area contributed by atoms with Gasteiger partial charge in [-0.15, -0.1) is 11.3 Å². The van der Waals surface area contributed by atoms with Crippen molar-refractivity contribution in [2.75, 3.05) is 0 Å². The molecule has 0 unspecified atom stereocenters. The first kappa shape index (κ1) is 19.3. The number of hydrogen-bond donors (Lipinski definition) is 0. The SMILES string of the molecule is Cc1cn2c(nc1=O)[C@H](C)N=C(c1c(F)cccc1F)c1c-2sc2c1CCCCC2. The van der Waals surface area contributed by atoms with Crippen molar-refractivity contribution >= 4 is 17.0 Å². The second-order valence-electron chi connectivity index (χ2n) is 7.95. The van der Waals surface area contributed by atoms with Gasteiger partial charge in [-0.05, 0) is 57.2 Å². The van der Waals surface area contributed by atoms with Crippen molar-refractivity contribution in [2.24, 2.45) is 4.99 Å². The Labute approximate surface area is 176 Å². The number of fused-ring (bicyclic) bond motifs is 5. The molecule has 2 aliphatic rings. The van der Waals surface area contributed by atoms with Gasteiger partial charge in [-0.2, -0.15) is 4.98 Å². The molecule has 30 heavy (non-hydrogen) atoms. The van der Waals surface area contributed by atoms with Gasteiger partial charge in [0.15, 0.2) is 0 Å². The van der Waals surface area contributed by atoms with E-state index in [1.165, 1.54) is 23.1 Å². The van der Waals surface area contributed by atoms with E-state index in [2.05, 4.69) is 4.98 Å². The summed E-state index contributed by atoms with van der Waals surface area (Å²) in [4.78, 5) is 22.5. The van der Waals surface area contributed by atoms with E-state index in [0.29, 0.717) is 17.1 Å². The molecule has 7 heteroatoms. The Morgan fingerprint density at radius 1 is 1.10 bits per heavy atom. The lowest BCUT2D eigenvalue weighted by atomic mass is 9.96. The number of rotatable bonds is 1. The van der Waals surface area contributed by atoms with Crippen molar-refractivity contribution in [1.29, 1.82) is 0 Å². The van der Waals surface area contributed by atoms with Gasteiger partial charge in [-0.25, -0.2) is 8.78 Å². The smallest absolute Gasteiger partial charge is 0.275 e. The predicted octanol–water partition coefficient (Wildman–Crippen LogP) is 5.06. The van der Waals surface area contributed by atoms with Gasteiger partial charge in [0.1, 0.15) is 28.5 Å². The first-order valence-corrected chi connectivity index (χ1v) is 11.0. The van der Waals surface area contributed by atoms with Gasteiger partial charge < -0.3 is 0 Å². The number of hydrogen-bond acceptors (Lipinski definition) is 4. The average molecular weight is 426 g/mol. The highest BCUT2D eigenvalue weighted by molar-refractivity contribution is 7.15. The van der Waals surface area contributed by atoms with Crippen molar-refractivity contribution in [3.05, 3.63) is 79.3 Å². The van der Waals surface area contributed by atoms with Crippen molar-refractivity contribution in [3.8, 4) is 5.00 Å². The largest absolute Gasteiger partial charge is 0.293 e. The van der Waals surface area contributed by atoms with Crippen LogP contribution in [0.25, 0.3) is 5.00 Å². The maximum absolute atomic E-state index is 14.9. The van der Waals surface area contributed by atoms with Gasteiger partial charge in [-0.1, -0.05) is 12.5 Å². The highest BCUT2D eigenvalue weighted by Gasteiger charge is 2.32. The minimum Gasteiger partial charge on any atom is -0.293 e. The molecule has 0 spiro atoms. The third-order valence-electron chi connectivity index (χ3n) is 5.88. The van der Waals surface area contributed by atoms with E-state index < -0.39 is 17.7 Å². The summed E-state index contributed by atoms with van der Waals surface area (Å²) in [5.41, 5.74) is 2.36. The van der Waals surface area contributed by atoms with Crippen LogP contribution in [0.15, 0.2) is 34.2 Å². The van der Waals surface area contributed by atoms with Crippen LogP contribution in [0.2, 0.25) is 0 Å². The Balaban J connectivity index is 1.89. The first-order valence-electron chi connectivity index (χ1n) is 10.2. The Hall–Kier alpha value is -2.67. The van der Waals surface area contributed by atoms with Crippen LogP contribution in [0.5, 0.6) is 0 Å². The fraction of sp³-hybridized carbons (Fsp3) is 0.348. The minimum absolute atomic E-state index is 0.108. The molecule has 1 aliphatic carbocycles. The normalized spacial score (nSPS) is 18.0. The topological polar surface area (TPSA) is 47.2 Å². The van der Waals surface area contributed by atoms with E-state index in [9.17, 15) is 13.6 Å². The van der Waals surface area contributed by atoms with Gasteiger partial charge in [0, 0.05) is 22.2 Å². The fourth-order valence-corrected chi connectivity index (χ4v) is 5.76. The molecule has 0 N–H and O–H groups in total. The molecule has 3 aromatic rings. The highest BCUT2D eigenvalue weighted by Crippen LogP contribution is 2.41. The summed E-state index contributed by atoms with van der Waals surface area (Å²) in [5, 5.41) is 0.846. The molecule has 5 rings (SSSR count). The van der Waals surface area contributed by atoms with E-state index in [1.54, 1.807) is 24.5 Å². The third kappa shape index (κ3) is 2.95. The van der Waals surface area contributed by atoms with Crippen LogP contribution < -0.4 is 5.56 Å². The van der Waals surface area contributed by atoms with Gasteiger partial charge in [0.25, 0.3) is 5.56 Å². The molecular formula is C23H21F2N3OS. The zero-order valence-electron chi connectivity index (χ0n) is 16.8. The molecule has 2 aromatic heterocycles. The lowest BCUT2D eigenvalue weighted by Crippen LogP contribution is -2.19. The monoisotopic (exact) mass is 425 g/mol. The highest BCUT2D eigenvalue weighted by atomic mass is 32.1. The average Bonchev–Trinajstić information content (AvgIpc) is 2.83. The van der Waals surface area contributed by atoms with Crippen LogP contribution >= 0.6 is 11.3 Å². The van der Waals surface area contributed by atoms with Gasteiger partial charge in [0.05, 0.1) is 11.3 Å². The summed E-state index contributed by atoms with van der Waals surface area (Å²) in [7, 11) is 0. The summed E-state index contributed by atoms with van der Waals surface area (Å²) in [6.07, 6.45) is 6.85. The fourth-order valence-electron chi connectivity index (χ4n) is 4.39. The molecule has 1 atom stereocenters. The molecule has 0 saturated carbocycles. The number of halogens is 2. The molecule has 0 fully saturated rings. The van der Waals surface area contributed by atoms with E-state index in [4.69, 9.17) is 4.99 Å². The maximum atomic E-state index is 14.9. The molecule has 0 radical (unpaired) electrons. The zero-order valence-corrected chi connectivity index (χ0v) is 17.7. The molecule has 154 valence electrons. The van der Waals surface area contributed by atoms with E-state index in [0.717, 1.165) is 48.2 Å². The van der Waals surface area contributed by atoms with Crippen LogP contribution in [0.1, 0.15) is 65.2 Å². The summed E-state index contributed by atoms with van der Waals surface area (Å²) in [6, 6.07) is 3.37. The third-order valence-corrected chi connectivity index (χ3v) is 7.17. The summed E-state index contributed by atoms with van der Waals surface area (Å²) in [5.74, 6) is -0.773. The second kappa shape index (κ2) is 7.23. The zero-order chi connectivity index (χ0) is 21.0. The van der Waals surface area contributed by atoms with E-state index in [1.807, 2.05) is 11.5 Å². The first-order chi connectivity index (χ1) is 14.5. The van der Waals surface area contributed by atoms with Crippen molar-refractivity contribution in [3.63, 3.8) is 0 Å². The number of nitrogens with zero attached hydrogens (tertiary/aromatic N) is 3. The lowest BCUT2D eigenvalue weighted by Gasteiger charge is -2.13. The lowest BCUT2D eigenvalue weighted by molar-refractivity contribution is 0.578. The van der Waals surface area contributed by atoms with Crippen molar-refractivity contribution < 1.29 is 8.78 Å². The molecule has 0 bridgehead atoms. The Morgan fingerprint density at radius 2 is 1.83 bits per heavy atom. The second-order valence-corrected chi connectivity index (χ2v) is 9.04. The van der Waals surface area contributed by atoms with E-state index >= 15 is 0 Å². The summed E-state index contributed by atoms with van der Waals surface area (Å²) in [6.45, 7) is 3.54.